The summed E-state index contributed by atoms with van der Waals surface area (Å²) in [5.41, 5.74) is 2.07. The van der Waals surface area contributed by atoms with Crippen molar-refractivity contribution in [2.75, 3.05) is 64.8 Å². The summed E-state index contributed by atoms with van der Waals surface area (Å²) in [6, 6.07) is 12.5. The van der Waals surface area contributed by atoms with Crippen LogP contribution in [-0.2, 0) is 19.1 Å². The second-order valence-corrected chi connectivity index (χ2v) is 7.63. The van der Waals surface area contributed by atoms with Crippen LogP contribution in [0.5, 0.6) is 11.5 Å². The summed E-state index contributed by atoms with van der Waals surface area (Å²) in [4.78, 5) is 40.5. The number of hydrogen-bond acceptors (Lipinski definition) is 9. The highest BCUT2D eigenvalue weighted by Crippen LogP contribution is 2.25. The van der Waals surface area contributed by atoms with Crippen LogP contribution in [0.4, 0.5) is 11.4 Å². The Hall–Kier alpha value is -4.21. The van der Waals surface area contributed by atoms with E-state index in [1.54, 1.807) is 49.5 Å². The number of ether oxygens (including phenoxy) is 4. The number of benzene rings is 2. The Labute approximate surface area is 204 Å². The first-order chi connectivity index (χ1) is 16.9. The Balaban J connectivity index is 1.63. The first-order valence-electron chi connectivity index (χ1n) is 10.9. The number of methoxy groups -OCH3 is 4. The number of piperazine rings is 1. The third kappa shape index (κ3) is 6.44. The van der Waals surface area contributed by atoms with Crippen molar-refractivity contribution in [3.8, 4) is 11.5 Å². The molecule has 3 rings (SSSR count). The minimum absolute atomic E-state index is 0.0339. The lowest BCUT2D eigenvalue weighted by atomic mass is 10.1. The molecule has 2 aromatic carbocycles. The number of nitrogens with zero attached hydrogens (tertiary/aromatic N) is 2. The molecular weight excluding hydrogens is 454 g/mol. The lowest BCUT2D eigenvalue weighted by Gasteiger charge is -2.36. The molecule has 1 heterocycles. The van der Waals surface area contributed by atoms with Crippen LogP contribution in [0.3, 0.4) is 0 Å². The van der Waals surface area contributed by atoms with Crippen molar-refractivity contribution >= 4 is 29.2 Å². The molecule has 35 heavy (non-hydrogen) atoms. The molecule has 10 nitrogen and oxygen atoms in total. The van der Waals surface area contributed by atoms with Gasteiger partial charge in [0.2, 0.25) is 0 Å². The Morgan fingerprint density at radius 1 is 0.829 bits per heavy atom. The third-order valence-corrected chi connectivity index (χ3v) is 5.55. The summed E-state index contributed by atoms with van der Waals surface area (Å²) in [5.74, 6) is -0.300. The van der Waals surface area contributed by atoms with E-state index in [1.807, 2.05) is 12.1 Å². The summed E-state index contributed by atoms with van der Waals surface area (Å²) in [6.07, 6.45) is 1.04. The van der Waals surface area contributed by atoms with Crippen LogP contribution in [0.25, 0.3) is 0 Å². The van der Waals surface area contributed by atoms with E-state index in [2.05, 4.69) is 15.0 Å². The molecule has 1 saturated heterocycles. The quantitative estimate of drug-likeness (QED) is 0.447. The number of amides is 1. The molecule has 1 aliphatic rings. The van der Waals surface area contributed by atoms with Gasteiger partial charge in [-0.05, 0) is 36.4 Å². The van der Waals surface area contributed by atoms with Gasteiger partial charge in [0.15, 0.2) is 0 Å². The predicted octanol–water partition coefficient (Wildman–Crippen LogP) is 2.31. The summed E-state index contributed by atoms with van der Waals surface area (Å²) in [5, 5.41) is 2.88. The molecule has 0 radical (unpaired) electrons. The lowest BCUT2D eigenvalue weighted by molar-refractivity contribution is -0.138. The molecule has 0 aromatic heterocycles. The topological polar surface area (TPSA) is 107 Å². The Morgan fingerprint density at radius 2 is 1.43 bits per heavy atom. The monoisotopic (exact) mass is 483 g/mol. The number of nitrogens with one attached hydrogen (secondary N) is 1. The van der Waals surface area contributed by atoms with Crippen LogP contribution in [0.1, 0.15) is 10.4 Å². The van der Waals surface area contributed by atoms with Gasteiger partial charge in [-0.3, -0.25) is 4.79 Å². The first-order valence-corrected chi connectivity index (χ1v) is 10.9. The SMILES string of the molecule is COC(=O)/C=C(/Nc1ccc(N2CCN(C(=O)c3cc(OC)cc(OC)c3)CC2)cc1)C(=O)OC. The van der Waals surface area contributed by atoms with Gasteiger partial charge in [0.05, 0.1) is 34.5 Å². The molecule has 1 amide bonds. The van der Waals surface area contributed by atoms with Gasteiger partial charge in [0, 0.05) is 49.2 Å². The molecule has 0 atom stereocenters. The molecule has 186 valence electrons. The largest absolute Gasteiger partial charge is 0.497 e. The van der Waals surface area contributed by atoms with Crippen molar-refractivity contribution in [2.24, 2.45) is 0 Å². The maximum Gasteiger partial charge on any atom is 0.354 e. The zero-order valence-corrected chi connectivity index (χ0v) is 20.2. The van der Waals surface area contributed by atoms with Crippen LogP contribution in [0.2, 0.25) is 0 Å². The minimum atomic E-state index is -0.686. The fourth-order valence-corrected chi connectivity index (χ4v) is 3.63. The zero-order chi connectivity index (χ0) is 25.4. The van der Waals surface area contributed by atoms with Crippen molar-refractivity contribution in [2.45, 2.75) is 0 Å². The molecule has 0 unspecified atom stereocenters. The van der Waals surface area contributed by atoms with Crippen molar-refractivity contribution in [1.29, 1.82) is 0 Å². The Bertz CT molecular complexity index is 1070. The van der Waals surface area contributed by atoms with Crippen LogP contribution in [0.15, 0.2) is 54.2 Å². The second-order valence-electron chi connectivity index (χ2n) is 7.63. The van der Waals surface area contributed by atoms with Crippen molar-refractivity contribution in [1.82, 2.24) is 4.90 Å². The normalized spacial score (nSPS) is 13.7. The van der Waals surface area contributed by atoms with Crippen molar-refractivity contribution < 1.29 is 33.3 Å². The number of anilines is 2. The van der Waals surface area contributed by atoms with Gasteiger partial charge in [0.25, 0.3) is 5.91 Å². The van der Waals surface area contributed by atoms with Gasteiger partial charge in [-0.25, -0.2) is 9.59 Å². The van der Waals surface area contributed by atoms with Crippen LogP contribution in [0, 0.1) is 0 Å². The summed E-state index contributed by atoms with van der Waals surface area (Å²) < 4.78 is 19.8. The predicted molar refractivity (Wildman–Crippen MR) is 130 cm³/mol. The summed E-state index contributed by atoms with van der Waals surface area (Å²) in [7, 11) is 5.55. The summed E-state index contributed by atoms with van der Waals surface area (Å²) >= 11 is 0. The Morgan fingerprint density at radius 3 is 1.94 bits per heavy atom. The van der Waals surface area contributed by atoms with Crippen LogP contribution >= 0.6 is 0 Å². The molecule has 1 N–H and O–H groups in total. The van der Waals surface area contributed by atoms with Crippen LogP contribution < -0.4 is 19.7 Å². The van der Waals surface area contributed by atoms with E-state index in [0.29, 0.717) is 48.9 Å². The molecule has 1 fully saturated rings. The molecule has 10 heteroatoms. The van der Waals surface area contributed by atoms with Gasteiger partial charge in [-0.15, -0.1) is 0 Å². The van der Waals surface area contributed by atoms with Gasteiger partial charge >= 0.3 is 11.9 Å². The van der Waals surface area contributed by atoms with E-state index >= 15 is 0 Å². The fourth-order valence-electron chi connectivity index (χ4n) is 3.63. The van der Waals surface area contributed by atoms with E-state index in [-0.39, 0.29) is 11.6 Å². The number of rotatable bonds is 8. The average Bonchev–Trinajstić information content (AvgIpc) is 2.91. The molecule has 0 aliphatic carbocycles. The number of esters is 2. The zero-order valence-electron chi connectivity index (χ0n) is 20.2. The Kier molecular flexibility index (Phi) is 8.55. The highest BCUT2D eigenvalue weighted by atomic mass is 16.5. The number of carbonyl (C=O) groups is 3. The third-order valence-electron chi connectivity index (χ3n) is 5.55. The van der Waals surface area contributed by atoms with E-state index in [1.165, 1.54) is 14.2 Å². The maximum atomic E-state index is 13.0. The molecular formula is C25H29N3O7. The van der Waals surface area contributed by atoms with Gasteiger partial charge < -0.3 is 34.1 Å². The molecule has 1 aliphatic heterocycles. The summed E-state index contributed by atoms with van der Waals surface area (Å²) in [6.45, 7) is 2.45. The van der Waals surface area contributed by atoms with Crippen molar-refractivity contribution in [3.63, 3.8) is 0 Å². The highest BCUT2D eigenvalue weighted by Gasteiger charge is 2.23. The van der Waals surface area contributed by atoms with Crippen LogP contribution in [-0.4, -0.2) is 77.4 Å². The molecule has 0 bridgehead atoms. The van der Waals surface area contributed by atoms with E-state index in [0.717, 1.165) is 11.8 Å². The standard InChI is InChI=1S/C25H29N3O7/c1-32-20-13-17(14-21(15-20)33-2)24(30)28-11-9-27(10-12-28)19-7-5-18(6-8-19)26-22(25(31)35-4)16-23(29)34-3/h5-8,13-16,26H,9-12H2,1-4H3/b22-16+. The van der Waals surface area contributed by atoms with Gasteiger partial charge in [-0.1, -0.05) is 0 Å². The van der Waals surface area contributed by atoms with Gasteiger partial charge in [0.1, 0.15) is 17.2 Å². The molecule has 0 spiro atoms. The van der Waals surface area contributed by atoms with Gasteiger partial charge in [-0.2, -0.15) is 0 Å². The smallest absolute Gasteiger partial charge is 0.354 e. The molecule has 2 aromatic rings. The van der Waals surface area contributed by atoms with E-state index in [9.17, 15) is 14.4 Å². The maximum absolute atomic E-state index is 13.0. The first kappa shape index (κ1) is 25.4. The average molecular weight is 484 g/mol. The lowest BCUT2D eigenvalue weighted by Crippen LogP contribution is -2.48. The second kappa shape index (κ2) is 11.8. The van der Waals surface area contributed by atoms with E-state index in [4.69, 9.17) is 14.2 Å². The molecule has 0 saturated carbocycles. The number of hydrogen-bond donors (Lipinski definition) is 1. The van der Waals surface area contributed by atoms with Crippen molar-refractivity contribution in [3.05, 3.63) is 59.8 Å². The highest BCUT2D eigenvalue weighted by molar-refractivity contribution is 5.98. The fraction of sp³-hybridized carbons (Fsp3) is 0.320. The minimum Gasteiger partial charge on any atom is -0.497 e. The number of carbonyl (C=O) groups excluding carboxylic acids is 3. The van der Waals surface area contributed by atoms with E-state index < -0.39 is 11.9 Å².